The van der Waals surface area contributed by atoms with Crippen LogP contribution in [0.4, 0.5) is 0 Å². The molecule has 0 bridgehead atoms. The van der Waals surface area contributed by atoms with Crippen LogP contribution in [0.15, 0.2) is 40.3 Å². The van der Waals surface area contributed by atoms with Crippen molar-refractivity contribution in [3.05, 3.63) is 41.7 Å². The Balaban J connectivity index is 1.33. The molecular formula is C22H21Br4ClN10O3. The second-order valence-corrected chi connectivity index (χ2v) is 14.2. The van der Waals surface area contributed by atoms with Gasteiger partial charge < -0.3 is 47.0 Å². The van der Waals surface area contributed by atoms with Gasteiger partial charge in [0.2, 0.25) is 0 Å². The lowest BCUT2D eigenvalue weighted by atomic mass is 9.73. The molecule has 6 heterocycles. The van der Waals surface area contributed by atoms with Gasteiger partial charge in [-0.1, -0.05) is 0 Å². The quantitative estimate of drug-likeness (QED) is 0.227. The Hall–Kier alpha value is -1.79. The lowest BCUT2D eigenvalue weighted by molar-refractivity contribution is -0.0274. The van der Waals surface area contributed by atoms with Gasteiger partial charge in [0.15, 0.2) is 30.0 Å². The summed E-state index contributed by atoms with van der Waals surface area (Å²) in [7, 11) is 0. The number of aliphatic imine (C=N–C) groups is 2. The van der Waals surface area contributed by atoms with Gasteiger partial charge in [-0.3, -0.25) is 9.59 Å². The van der Waals surface area contributed by atoms with Crippen LogP contribution in [-0.2, 0) is 0 Å². The third-order valence-electron chi connectivity index (χ3n) is 8.76. The molecule has 4 aliphatic heterocycles. The number of halogens is 5. The first-order chi connectivity index (χ1) is 18.9. The summed E-state index contributed by atoms with van der Waals surface area (Å²) < 4.78 is 4.45. The van der Waals surface area contributed by atoms with Gasteiger partial charge in [-0.25, -0.2) is 9.98 Å². The molecule has 0 unspecified atom stereocenters. The summed E-state index contributed by atoms with van der Waals surface area (Å²) in [4.78, 5) is 40.7. The second-order valence-electron chi connectivity index (χ2n) is 10.5. The van der Waals surface area contributed by atoms with Crippen LogP contribution in [-0.4, -0.2) is 79.2 Å². The zero-order chi connectivity index (χ0) is 28.5. The number of aliphatic hydroxyl groups excluding tert-OH is 1. The Morgan fingerprint density at radius 1 is 1.18 bits per heavy atom. The Morgan fingerprint density at radius 3 is 2.55 bits per heavy atom. The van der Waals surface area contributed by atoms with Gasteiger partial charge >= 0.3 is 0 Å². The number of nitrogens with one attached hydrogen (secondary N) is 4. The fraction of sp³-hybridized carbons (Fsp3) is 0.455. The van der Waals surface area contributed by atoms with Crippen molar-refractivity contribution in [2.45, 2.75) is 29.0 Å². The highest BCUT2D eigenvalue weighted by Crippen LogP contribution is 2.64. The molecule has 2 spiro atoms. The molecule has 8 atom stereocenters. The first-order valence-corrected chi connectivity index (χ1v) is 15.8. The average Bonchev–Trinajstić information content (AvgIpc) is 3.69. The smallest absolute Gasteiger partial charge is 0.272 e. The number of carbonyl (C=O) groups is 2. The highest BCUT2D eigenvalue weighted by atomic mass is 79.9. The van der Waals surface area contributed by atoms with Crippen molar-refractivity contribution < 1.29 is 14.7 Å². The summed E-state index contributed by atoms with van der Waals surface area (Å²) in [6.45, 7) is 0.439. The highest BCUT2D eigenvalue weighted by molar-refractivity contribution is 9.13. The Morgan fingerprint density at radius 2 is 1.90 bits per heavy atom. The van der Waals surface area contributed by atoms with E-state index < -0.39 is 40.8 Å². The maximum atomic E-state index is 14.0. The molecule has 212 valence electrons. The van der Waals surface area contributed by atoms with Crippen LogP contribution in [0.5, 0.6) is 0 Å². The largest absolute Gasteiger partial charge is 0.370 e. The van der Waals surface area contributed by atoms with Crippen LogP contribution in [0.25, 0.3) is 0 Å². The van der Waals surface area contributed by atoms with E-state index in [0.29, 0.717) is 29.5 Å². The molecule has 2 fully saturated rings. The lowest BCUT2D eigenvalue weighted by Gasteiger charge is -2.51. The number of nitrogens with zero attached hydrogens (tertiary/aromatic N) is 4. The first kappa shape index (κ1) is 27.1. The lowest BCUT2D eigenvalue weighted by Crippen LogP contribution is -2.74. The molecule has 9 N–H and O–H groups in total. The predicted molar refractivity (Wildman–Crippen MR) is 160 cm³/mol. The third kappa shape index (κ3) is 3.27. The number of guanidine groups is 2. The predicted octanol–water partition coefficient (Wildman–Crippen LogP) is 1.32. The van der Waals surface area contributed by atoms with Crippen LogP contribution in [0.2, 0.25) is 0 Å². The molecular weight excluding hydrogens is 807 g/mol. The monoisotopic (exact) mass is 824 g/mol. The molecule has 2 amide bonds. The topological polar surface area (TPSA) is 191 Å². The van der Waals surface area contributed by atoms with E-state index in [1.165, 1.54) is 0 Å². The van der Waals surface area contributed by atoms with Crippen molar-refractivity contribution in [3.63, 3.8) is 0 Å². The maximum absolute atomic E-state index is 14.0. The minimum atomic E-state index is -1.33. The Labute approximate surface area is 265 Å². The Bertz CT molecular complexity index is 1540. The standard InChI is InChI=1S/C22H21Br4ClN10O3/c23-7-1-9(31-13(7)25)15(38)30-3-5-6-4-36-16(39)10-2-8(24)14(26)37(10)17-22(36,35-19(28)32-17)11(6)21(12(5)27)18(40)33-20(29)34-21/h1-2,5-6,11-12,17-18,31,40H,3-4H2,(H,30,38)(H3,28,32,35)(H3,29,33,34)/t5-,6-,11+,12+,17+,18+,21+,22-/m1/s1. The number of hydrogen-bond acceptors (Lipinski definition) is 9. The number of carbonyl (C=O) groups excluding carboxylic acids is 2. The van der Waals surface area contributed by atoms with Crippen LogP contribution >= 0.6 is 75.3 Å². The summed E-state index contributed by atoms with van der Waals surface area (Å²) in [5, 5.41) is 20.1. The van der Waals surface area contributed by atoms with E-state index in [4.69, 9.17) is 28.1 Å². The van der Waals surface area contributed by atoms with Gasteiger partial charge in [-0.05, 0) is 81.8 Å². The van der Waals surface area contributed by atoms with Gasteiger partial charge in [0.1, 0.15) is 21.5 Å². The van der Waals surface area contributed by atoms with E-state index in [9.17, 15) is 14.7 Å². The number of aromatic amines is 1. The normalized spacial score (nSPS) is 37.0. The van der Waals surface area contributed by atoms with Gasteiger partial charge in [-0.2, -0.15) is 0 Å². The fourth-order valence-corrected chi connectivity index (χ4v) is 9.54. The molecule has 1 aliphatic carbocycles. The van der Waals surface area contributed by atoms with Crippen molar-refractivity contribution in [1.29, 1.82) is 0 Å². The number of fused-ring (bicyclic) bond motifs is 4. The van der Waals surface area contributed by atoms with Gasteiger partial charge in [-0.15, -0.1) is 11.6 Å². The van der Waals surface area contributed by atoms with E-state index in [1.54, 1.807) is 21.6 Å². The van der Waals surface area contributed by atoms with Crippen molar-refractivity contribution in [2.75, 3.05) is 13.1 Å². The Kier molecular flexibility index (Phi) is 5.99. The van der Waals surface area contributed by atoms with Gasteiger partial charge in [0.25, 0.3) is 11.8 Å². The third-order valence-corrected chi connectivity index (χ3v) is 13.2. The molecule has 1 saturated carbocycles. The summed E-state index contributed by atoms with van der Waals surface area (Å²) >= 11 is 21.1. The van der Waals surface area contributed by atoms with Crippen molar-refractivity contribution in [1.82, 2.24) is 30.4 Å². The summed E-state index contributed by atoms with van der Waals surface area (Å²) in [5.41, 5.74) is 10.7. The maximum Gasteiger partial charge on any atom is 0.272 e. The zero-order valence-corrected chi connectivity index (χ0v) is 27.2. The number of aromatic nitrogens is 2. The van der Waals surface area contributed by atoms with E-state index in [0.717, 1.165) is 0 Å². The SMILES string of the molecule is NC1=N[C@@H](O)[C@@]2(N1)[C@@H](Cl)[C@H](CNC(=O)c1cc(Br)c(Br)[nH]1)[C@H]1CN3C(=O)c4cc(Br)c(Br)n4[C@@H]4N=C(N)N[C@@]43[C@@H]12. The number of aliphatic hydroxyl groups is 1. The van der Waals surface area contributed by atoms with Gasteiger partial charge in [0, 0.05) is 24.9 Å². The molecule has 40 heavy (non-hydrogen) atoms. The van der Waals surface area contributed by atoms with Crippen LogP contribution < -0.4 is 27.4 Å². The van der Waals surface area contributed by atoms with Crippen LogP contribution in [0, 0.1) is 17.8 Å². The van der Waals surface area contributed by atoms with Gasteiger partial charge in [0.05, 0.1) is 18.9 Å². The summed E-state index contributed by atoms with van der Waals surface area (Å²) in [5.74, 6) is -1.65. The number of hydrogen-bond donors (Lipinski definition) is 7. The molecule has 7 rings (SSSR count). The second kappa shape index (κ2) is 8.86. The van der Waals surface area contributed by atoms with E-state index in [1.807, 2.05) is 0 Å². The van der Waals surface area contributed by atoms with Crippen LogP contribution in [0.3, 0.4) is 0 Å². The molecule has 2 aromatic heterocycles. The summed E-state index contributed by atoms with van der Waals surface area (Å²) in [6.07, 6.45) is -2.01. The van der Waals surface area contributed by atoms with Crippen molar-refractivity contribution in [2.24, 2.45) is 39.2 Å². The minimum Gasteiger partial charge on any atom is -0.370 e. The van der Waals surface area contributed by atoms with E-state index in [2.05, 4.69) is 89.6 Å². The van der Waals surface area contributed by atoms with E-state index in [-0.39, 0.29) is 42.7 Å². The molecule has 13 nitrogen and oxygen atoms in total. The van der Waals surface area contributed by atoms with E-state index >= 15 is 0 Å². The fourth-order valence-electron chi connectivity index (χ4n) is 7.39. The molecule has 18 heteroatoms. The number of alkyl halides is 1. The molecule has 2 aromatic rings. The first-order valence-electron chi connectivity index (χ1n) is 12.2. The number of rotatable bonds is 3. The number of nitrogens with two attached hydrogens (primary N) is 2. The molecule has 1 saturated heterocycles. The molecule has 0 aromatic carbocycles. The van der Waals surface area contributed by atoms with Crippen molar-refractivity contribution in [3.8, 4) is 0 Å². The minimum absolute atomic E-state index is 0.0358. The molecule has 0 radical (unpaired) electrons. The average molecular weight is 829 g/mol. The zero-order valence-electron chi connectivity index (χ0n) is 20.1. The van der Waals surface area contributed by atoms with Crippen LogP contribution in [0.1, 0.15) is 27.1 Å². The van der Waals surface area contributed by atoms with Crippen molar-refractivity contribution >= 4 is 99.1 Å². The summed E-state index contributed by atoms with van der Waals surface area (Å²) in [6, 6.07) is 3.40. The molecule has 5 aliphatic rings. The number of amides is 2. The number of H-pyrrole nitrogens is 1. The highest BCUT2D eigenvalue weighted by Gasteiger charge is 2.79.